The van der Waals surface area contributed by atoms with Crippen LogP contribution in [0.4, 0.5) is 4.79 Å². The van der Waals surface area contributed by atoms with Gasteiger partial charge >= 0.3 is 6.03 Å². The average molecular weight is 453 g/mol. The third-order valence-electron chi connectivity index (χ3n) is 8.59. The van der Waals surface area contributed by atoms with Crippen LogP contribution in [0.15, 0.2) is 24.5 Å². The van der Waals surface area contributed by atoms with Crippen molar-refractivity contribution >= 4 is 17.4 Å². The predicted molar refractivity (Wildman–Crippen MR) is 129 cm³/mol. The summed E-state index contributed by atoms with van der Waals surface area (Å²) in [5, 5.41) is 8.24. The van der Waals surface area contributed by atoms with Crippen molar-refractivity contribution in [1.29, 1.82) is 0 Å². The molecule has 6 heteroatoms. The molecule has 4 saturated carbocycles. The van der Waals surface area contributed by atoms with E-state index in [1.54, 1.807) is 0 Å². The van der Waals surface area contributed by atoms with E-state index in [1.807, 2.05) is 11.3 Å². The van der Waals surface area contributed by atoms with Crippen LogP contribution in [0.5, 0.6) is 0 Å². The first-order valence-corrected chi connectivity index (χ1v) is 13.4. The maximum absolute atomic E-state index is 13.4. The van der Waals surface area contributed by atoms with E-state index in [0.717, 1.165) is 43.7 Å². The Hall–Kier alpha value is -1.79. The van der Waals surface area contributed by atoms with Gasteiger partial charge in [0.05, 0.1) is 6.04 Å². The van der Waals surface area contributed by atoms with Crippen LogP contribution in [-0.2, 0) is 13.0 Å². The van der Waals surface area contributed by atoms with Crippen LogP contribution in [0, 0.1) is 17.8 Å². The van der Waals surface area contributed by atoms with E-state index in [1.165, 1.54) is 59.5 Å². The molecule has 4 fully saturated rings. The molecule has 1 aliphatic heterocycles. The molecule has 1 atom stereocenters. The Balaban J connectivity index is 1.26. The third kappa shape index (κ3) is 3.60. The van der Waals surface area contributed by atoms with Gasteiger partial charge in [0.15, 0.2) is 0 Å². The second-order valence-electron chi connectivity index (χ2n) is 11.1. The van der Waals surface area contributed by atoms with Crippen LogP contribution in [0.1, 0.15) is 73.9 Å². The Kier molecular flexibility index (Phi) is 5.14. The van der Waals surface area contributed by atoms with Crippen LogP contribution in [-0.4, -0.2) is 34.6 Å². The topological polar surface area (TPSA) is 49.3 Å². The SMILES string of the molecule is CC[C@H](NC(=O)NC12CC3CC(CC(C3)C1)C2)c1c(-n2cccc2)sc2c1CCN(C)C2. The van der Waals surface area contributed by atoms with Crippen molar-refractivity contribution in [1.82, 2.24) is 20.1 Å². The molecule has 5 aliphatic rings. The van der Waals surface area contributed by atoms with Gasteiger partial charge in [-0.1, -0.05) is 6.92 Å². The Labute approximate surface area is 195 Å². The molecule has 3 heterocycles. The minimum Gasteiger partial charge on any atom is -0.333 e. The molecule has 172 valence electrons. The molecular weight excluding hydrogens is 416 g/mol. The molecule has 0 spiro atoms. The molecule has 0 unspecified atom stereocenters. The van der Waals surface area contributed by atoms with Gasteiger partial charge in [-0.05, 0) is 93.9 Å². The van der Waals surface area contributed by atoms with E-state index in [4.69, 9.17) is 0 Å². The van der Waals surface area contributed by atoms with Crippen molar-refractivity contribution in [3.63, 3.8) is 0 Å². The summed E-state index contributed by atoms with van der Waals surface area (Å²) in [6, 6.07) is 4.26. The predicted octanol–water partition coefficient (Wildman–Crippen LogP) is 5.25. The summed E-state index contributed by atoms with van der Waals surface area (Å²) < 4.78 is 2.24. The van der Waals surface area contributed by atoms with Gasteiger partial charge in [0, 0.05) is 41.5 Å². The Bertz CT molecular complexity index is 959. The zero-order valence-corrected chi connectivity index (χ0v) is 20.2. The summed E-state index contributed by atoms with van der Waals surface area (Å²) in [7, 11) is 2.20. The number of urea groups is 1. The van der Waals surface area contributed by atoms with E-state index in [-0.39, 0.29) is 17.6 Å². The van der Waals surface area contributed by atoms with E-state index in [2.05, 4.69) is 58.6 Å². The van der Waals surface area contributed by atoms with E-state index in [9.17, 15) is 4.79 Å². The number of amides is 2. The second-order valence-corrected chi connectivity index (χ2v) is 12.1. The second kappa shape index (κ2) is 7.91. The molecule has 4 aliphatic carbocycles. The van der Waals surface area contributed by atoms with Crippen LogP contribution in [0.2, 0.25) is 0 Å². The highest BCUT2D eigenvalue weighted by Crippen LogP contribution is 2.55. The Morgan fingerprint density at radius 2 is 1.81 bits per heavy atom. The number of hydrogen-bond donors (Lipinski definition) is 2. The number of fused-ring (bicyclic) bond motifs is 1. The average Bonchev–Trinajstić information content (AvgIpc) is 3.38. The Morgan fingerprint density at radius 3 is 2.44 bits per heavy atom. The summed E-state index contributed by atoms with van der Waals surface area (Å²) in [6.45, 7) is 4.29. The van der Waals surface area contributed by atoms with Crippen molar-refractivity contribution in [2.75, 3.05) is 13.6 Å². The number of carbonyl (C=O) groups is 1. The third-order valence-corrected chi connectivity index (χ3v) is 9.83. The van der Waals surface area contributed by atoms with E-state index in [0.29, 0.717) is 0 Å². The lowest BCUT2D eigenvalue weighted by Crippen LogP contribution is -2.61. The van der Waals surface area contributed by atoms with Gasteiger partial charge in [-0.3, -0.25) is 0 Å². The summed E-state index contributed by atoms with van der Waals surface area (Å²) >= 11 is 1.90. The van der Waals surface area contributed by atoms with Crippen LogP contribution >= 0.6 is 11.3 Å². The molecule has 4 bridgehead atoms. The van der Waals surface area contributed by atoms with Gasteiger partial charge in [-0.15, -0.1) is 11.3 Å². The minimum absolute atomic E-state index is 0.0460. The smallest absolute Gasteiger partial charge is 0.315 e. The first kappa shape index (κ1) is 20.8. The molecule has 2 amide bonds. The number of nitrogens with zero attached hydrogens (tertiary/aromatic N) is 2. The number of carbonyl (C=O) groups excluding carboxylic acids is 1. The van der Waals surface area contributed by atoms with Crippen molar-refractivity contribution in [3.05, 3.63) is 40.5 Å². The number of hydrogen-bond acceptors (Lipinski definition) is 3. The highest BCUT2D eigenvalue weighted by atomic mass is 32.1. The standard InChI is InChI=1S/C26H36N4OS/c1-3-21(27-25(31)28-26-13-17-10-18(14-26)12-19(11-17)15-26)23-20-6-9-29(2)16-22(20)32-24(23)30-7-4-5-8-30/h4-5,7-8,17-19,21H,3,6,9-16H2,1-2H3,(H2,27,28,31)/t17?,18?,19?,21-,26?/m0/s1. The maximum atomic E-state index is 13.4. The van der Waals surface area contributed by atoms with Crippen molar-refractivity contribution in [2.24, 2.45) is 17.8 Å². The summed E-state index contributed by atoms with van der Waals surface area (Å²) in [5.41, 5.74) is 2.87. The minimum atomic E-state index is 0.0460. The van der Waals surface area contributed by atoms with Gasteiger partial charge in [-0.25, -0.2) is 4.79 Å². The number of nitrogens with one attached hydrogen (secondary N) is 2. The van der Waals surface area contributed by atoms with E-state index >= 15 is 0 Å². The van der Waals surface area contributed by atoms with Crippen LogP contribution < -0.4 is 10.6 Å². The molecule has 2 N–H and O–H groups in total. The monoisotopic (exact) mass is 452 g/mol. The van der Waals surface area contributed by atoms with Gasteiger partial charge in [-0.2, -0.15) is 0 Å². The molecule has 0 aromatic carbocycles. The van der Waals surface area contributed by atoms with Gasteiger partial charge in [0.1, 0.15) is 5.00 Å². The fourth-order valence-corrected chi connectivity index (χ4v) is 9.10. The lowest BCUT2D eigenvalue weighted by Gasteiger charge is -2.56. The first-order chi connectivity index (χ1) is 15.5. The zero-order valence-electron chi connectivity index (χ0n) is 19.4. The van der Waals surface area contributed by atoms with Gasteiger partial charge in [0.25, 0.3) is 0 Å². The summed E-state index contributed by atoms with van der Waals surface area (Å²) in [4.78, 5) is 17.2. The molecular formula is C26H36N4OS. The molecule has 0 saturated heterocycles. The fraction of sp³-hybridized carbons (Fsp3) is 0.654. The Morgan fingerprint density at radius 1 is 1.16 bits per heavy atom. The molecule has 2 aromatic heterocycles. The first-order valence-electron chi connectivity index (χ1n) is 12.6. The summed E-state index contributed by atoms with van der Waals surface area (Å²) in [5.74, 6) is 2.51. The number of thiophene rings is 1. The van der Waals surface area contributed by atoms with Crippen molar-refractivity contribution < 1.29 is 4.79 Å². The normalized spacial score (nSPS) is 32.0. The molecule has 2 aromatic rings. The molecule has 32 heavy (non-hydrogen) atoms. The molecule has 7 rings (SSSR count). The highest BCUT2D eigenvalue weighted by Gasteiger charge is 2.51. The van der Waals surface area contributed by atoms with Crippen molar-refractivity contribution in [3.8, 4) is 5.00 Å². The van der Waals surface area contributed by atoms with Crippen LogP contribution in [0.3, 0.4) is 0 Å². The lowest BCUT2D eigenvalue weighted by atomic mass is 9.53. The van der Waals surface area contributed by atoms with Gasteiger partial charge in [0.2, 0.25) is 0 Å². The molecule has 5 nitrogen and oxygen atoms in total. The maximum Gasteiger partial charge on any atom is 0.315 e. The highest BCUT2D eigenvalue weighted by molar-refractivity contribution is 7.15. The fourth-order valence-electron chi connectivity index (χ4n) is 7.64. The summed E-state index contributed by atoms with van der Waals surface area (Å²) in [6.07, 6.45) is 14.0. The zero-order chi connectivity index (χ0) is 21.9. The number of likely N-dealkylation sites (N-methyl/N-ethyl adjacent to an activating group) is 1. The largest absolute Gasteiger partial charge is 0.333 e. The van der Waals surface area contributed by atoms with Crippen molar-refractivity contribution in [2.45, 2.75) is 76.4 Å². The lowest BCUT2D eigenvalue weighted by molar-refractivity contribution is -0.0136. The molecule has 0 radical (unpaired) electrons. The quantitative estimate of drug-likeness (QED) is 0.651. The number of aromatic nitrogens is 1. The van der Waals surface area contributed by atoms with Crippen LogP contribution in [0.25, 0.3) is 5.00 Å². The van der Waals surface area contributed by atoms with E-state index < -0.39 is 0 Å². The number of rotatable bonds is 5. The van der Waals surface area contributed by atoms with Gasteiger partial charge < -0.3 is 20.1 Å².